The molecule has 13 aromatic rings. The lowest BCUT2D eigenvalue weighted by Crippen LogP contribution is -2.17. The van der Waals surface area contributed by atoms with Gasteiger partial charge in [0.15, 0.2) is 0 Å². The molecule has 0 saturated heterocycles. The van der Waals surface area contributed by atoms with Gasteiger partial charge in [0.2, 0.25) is 0 Å². The van der Waals surface area contributed by atoms with E-state index in [-0.39, 0.29) is 0 Å². The van der Waals surface area contributed by atoms with Gasteiger partial charge in [0.25, 0.3) is 0 Å². The largest absolute Gasteiger partial charge is 0.497 e. The third kappa shape index (κ3) is 15.8. The number of benzene rings is 13. The van der Waals surface area contributed by atoms with E-state index in [1.54, 1.807) is 56.9 Å². The van der Waals surface area contributed by atoms with Gasteiger partial charge in [0.1, 0.15) is 57.5 Å². The molecule has 0 aliphatic carbocycles. The van der Waals surface area contributed by atoms with Crippen molar-refractivity contribution in [3.63, 3.8) is 0 Å². The van der Waals surface area contributed by atoms with Crippen molar-refractivity contribution in [2.45, 2.75) is 13.8 Å². The molecular weight excluding hydrogens is 1330 g/mol. The van der Waals surface area contributed by atoms with E-state index in [2.05, 4.69) is 211 Å². The predicted molar refractivity (Wildman–Crippen MR) is 429 cm³/mol. The predicted octanol–water partition coefficient (Wildman–Crippen LogP) is 23.4. The molecule has 0 N–H and O–H groups in total. The van der Waals surface area contributed by atoms with E-state index in [0.717, 1.165) is 160 Å². The second-order valence-corrected chi connectivity index (χ2v) is 24.4. The average molecular weight is 1410 g/mol. The van der Waals surface area contributed by atoms with E-state index in [1.165, 1.54) is 0 Å². The highest BCUT2D eigenvalue weighted by atomic mass is 16.5. The van der Waals surface area contributed by atoms with Crippen LogP contribution in [0.15, 0.2) is 303 Å². The zero-order chi connectivity index (χ0) is 73.5. The minimum Gasteiger partial charge on any atom is -0.497 e. The molecule has 0 bridgehead atoms. The number of hydrogen-bond acceptors (Lipinski definition) is 16. The van der Waals surface area contributed by atoms with Crippen molar-refractivity contribution in [3.05, 3.63) is 303 Å². The Morgan fingerprint density at radius 1 is 0.151 bits per heavy atom. The number of ether oxygens (including phenoxy) is 10. The second kappa shape index (κ2) is 33.2. The SMILES string of the molecule is CCOc1ccc(N(c2ccc(N(c3ccc(OCC)cc3)c3cc(N(c4ccc(OC)cc4)c4ccc(OC)cc4)cc(N(c4ccc(OC)cc4)c4ccc(OC)cc4)c3)cc2)c2cc(N(c3ccc(OC)cc3)c3ccc(OC)cc3)cc(N(c3ccc(OC)cc3)c3ccc(OC)cc3)c2)cc1. The number of rotatable bonds is 30. The van der Waals surface area contributed by atoms with Crippen LogP contribution in [0.1, 0.15) is 13.8 Å². The molecule has 0 aliphatic heterocycles. The maximum absolute atomic E-state index is 6.14. The Balaban J connectivity index is 1.06. The molecule has 0 aromatic heterocycles. The van der Waals surface area contributed by atoms with E-state index in [0.29, 0.717) is 13.2 Å². The van der Waals surface area contributed by atoms with Gasteiger partial charge in [-0.3, -0.25) is 0 Å². The van der Waals surface area contributed by atoms with Crippen LogP contribution in [0.25, 0.3) is 0 Å². The van der Waals surface area contributed by atoms with Crippen molar-refractivity contribution >= 4 is 102 Å². The molecule has 16 heteroatoms. The monoisotopic (exact) mass is 1410 g/mol. The van der Waals surface area contributed by atoms with Gasteiger partial charge < -0.3 is 76.8 Å². The molecule has 0 spiro atoms. The Labute approximate surface area is 620 Å². The fourth-order valence-corrected chi connectivity index (χ4v) is 12.9. The van der Waals surface area contributed by atoms with Crippen molar-refractivity contribution in [1.82, 2.24) is 0 Å². The van der Waals surface area contributed by atoms with Crippen LogP contribution in [0.2, 0.25) is 0 Å². The highest BCUT2D eigenvalue weighted by molar-refractivity contribution is 5.93. The Kier molecular flexibility index (Phi) is 22.3. The van der Waals surface area contributed by atoms with Gasteiger partial charge in [-0.25, -0.2) is 0 Å². The molecule has 16 nitrogen and oxygen atoms in total. The minimum atomic E-state index is 0.506. The molecular formula is C90H84N6O10. The highest BCUT2D eigenvalue weighted by Gasteiger charge is 2.27. The fraction of sp³-hybridized carbons (Fsp3) is 0.133. The van der Waals surface area contributed by atoms with Gasteiger partial charge in [-0.05, 0) is 317 Å². The van der Waals surface area contributed by atoms with Crippen LogP contribution in [-0.2, 0) is 0 Å². The van der Waals surface area contributed by atoms with Crippen LogP contribution < -0.4 is 76.8 Å². The van der Waals surface area contributed by atoms with E-state index in [1.807, 2.05) is 135 Å². The van der Waals surface area contributed by atoms with Gasteiger partial charge in [0.05, 0.1) is 104 Å². The lowest BCUT2D eigenvalue weighted by atomic mass is 10.1. The number of nitrogens with zero attached hydrogens (tertiary/aromatic N) is 6. The van der Waals surface area contributed by atoms with Gasteiger partial charge in [0, 0.05) is 68.2 Å². The van der Waals surface area contributed by atoms with Gasteiger partial charge in [-0.15, -0.1) is 0 Å². The van der Waals surface area contributed by atoms with Crippen LogP contribution >= 0.6 is 0 Å². The fourth-order valence-electron chi connectivity index (χ4n) is 12.9. The molecule has 0 saturated carbocycles. The average Bonchev–Trinajstić information content (AvgIpc) is 0.764. The lowest BCUT2D eigenvalue weighted by molar-refractivity contribution is 0.340. The summed E-state index contributed by atoms with van der Waals surface area (Å²) in [4.78, 5) is 13.6. The van der Waals surface area contributed by atoms with E-state index in [9.17, 15) is 0 Å². The van der Waals surface area contributed by atoms with Gasteiger partial charge >= 0.3 is 0 Å². The van der Waals surface area contributed by atoms with Crippen molar-refractivity contribution in [2.24, 2.45) is 0 Å². The smallest absolute Gasteiger partial charge is 0.119 e. The molecule has 106 heavy (non-hydrogen) atoms. The number of anilines is 18. The molecule has 0 unspecified atom stereocenters. The molecule has 0 atom stereocenters. The van der Waals surface area contributed by atoms with Crippen LogP contribution in [0.4, 0.5) is 102 Å². The van der Waals surface area contributed by atoms with Crippen molar-refractivity contribution in [1.29, 1.82) is 0 Å². The Hall–Kier alpha value is -13.3. The molecule has 0 radical (unpaired) electrons. The molecule has 0 amide bonds. The Morgan fingerprint density at radius 3 is 0.358 bits per heavy atom. The van der Waals surface area contributed by atoms with Crippen molar-refractivity contribution < 1.29 is 47.4 Å². The topological polar surface area (TPSA) is 112 Å². The second-order valence-electron chi connectivity index (χ2n) is 24.4. The first-order chi connectivity index (χ1) is 52.0. The Morgan fingerprint density at radius 2 is 0.255 bits per heavy atom. The summed E-state index contributed by atoms with van der Waals surface area (Å²) < 4.78 is 58.3. The summed E-state index contributed by atoms with van der Waals surface area (Å²) >= 11 is 0. The van der Waals surface area contributed by atoms with Crippen LogP contribution in [0, 0.1) is 0 Å². The Bertz CT molecular complexity index is 4240. The standard InChI is InChI=1S/C90H84N6O10/c1-11-105-89-53-33-73(34-54-89)91(75-57-77(93(65-17-37-81(97-3)38-18-65)66-19-39-82(98-4)40-20-66)61-78(58-75)94(67-21-41-83(99-5)42-22-67)68-23-43-84(100-6)44-24-68)63-13-15-64(16-14-63)92(74-35-55-90(56-36-74)106-12-2)76-59-79(95(69-25-45-85(101-7)46-26-69)70-27-47-86(102-8)48-28-70)62-80(60-76)96(71-29-49-87(103-9)50-30-71)72-31-51-88(104-10)52-32-72/h13-62H,11-12H2,1-10H3. The molecule has 534 valence electrons. The third-order valence-electron chi connectivity index (χ3n) is 18.1. The van der Waals surface area contributed by atoms with E-state index < -0.39 is 0 Å². The highest BCUT2D eigenvalue weighted by Crippen LogP contribution is 2.51. The molecule has 0 fully saturated rings. The number of hydrogen-bond donors (Lipinski definition) is 0. The number of methoxy groups -OCH3 is 8. The molecule has 13 aromatic carbocycles. The first-order valence-electron chi connectivity index (χ1n) is 34.8. The molecule has 0 aliphatic rings. The summed E-state index contributed by atoms with van der Waals surface area (Å²) in [5.74, 6) is 7.31. The van der Waals surface area contributed by atoms with E-state index in [4.69, 9.17) is 47.4 Å². The van der Waals surface area contributed by atoms with Gasteiger partial charge in [-0.2, -0.15) is 0 Å². The summed E-state index contributed by atoms with van der Waals surface area (Å²) in [7, 11) is 13.4. The maximum atomic E-state index is 6.14. The summed E-state index contributed by atoms with van der Waals surface area (Å²) in [6.45, 7) is 5.00. The summed E-state index contributed by atoms with van der Waals surface area (Å²) in [6, 6.07) is 103. The molecule has 0 heterocycles. The van der Waals surface area contributed by atoms with Gasteiger partial charge in [-0.1, -0.05) is 0 Å². The first kappa shape index (κ1) is 71.1. The molecule has 13 rings (SSSR count). The van der Waals surface area contributed by atoms with Crippen LogP contribution in [0.5, 0.6) is 57.5 Å². The zero-order valence-electron chi connectivity index (χ0n) is 61.0. The van der Waals surface area contributed by atoms with Crippen LogP contribution in [0.3, 0.4) is 0 Å². The van der Waals surface area contributed by atoms with Crippen molar-refractivity contribution in [3.8, 4) is 57.5 Å². The minimum absolute atomic E-state index is 0.506. The quantitative estimate of drug-likeness (QED) is 0.0425. The first-order valence-corrected chi connectivity index (χ1v) is 34.8. The normalized spacial score (nSPS) is 10.8. The third-order valence-corrected chi connectivity index (χ3v) is 18.1. The van der Waals surface area contributed by atoms with Crippen LogP contribution in [-0.4, -0.2) is 70.1 Å². The summed E-state index contributed by atoms with van der Waals surface area (Å²) in [5, 5.41) is 0. The van der Waals surface area contributed by atoms with Crippen molar-refractivity contribution in [2.75, 3.05) is 99.5 Å². The summed E-state index contributed by atoms with van der Waals surface area (Å²) in [5.41, 5.74) is 15.6. The maximum Gasteiger partial charge on any atom is 0.119 e. The lowest BCUT2D eigenvalue weighted by Gasteiger charge is -2.34. The summed E-state index contributed by atoms with van der Waals surface area (Å²) in [6.07, 6.45) is 0. The zero-order valence-corrected chi connectivity index (χ0v) is 61.0. The van der Waals surface area contributed by atoms with E-state index >= 15 is 0 Å².